The molecule has 6 aromatic rings. The number of ketones is 1. The average molecular weight is 713 g/mol. The number of fused-ring (bicyclic) bond motifs is 8. The van der Waals surface area contributed by atoms with Crippen LogP contribution in [0.1, 0.15) is 38.8 Å². The first-order chi connectivity index (χ1) is 19.3. The summed E-state index contributed by atoms with van der Waals surface area (Å²) in [4.78, 5) is 14.9. The van der Waals surface area contributed by atoms with Crippen molar-refractivity contribution >= 4 is 38.1 Å². The van der Waals surface area contributed by atoms with Crippen molar-refractivity contribution in [3.8, 4) is 22.4 Å². The quantitative estimate of drug-likeness (QED) is 0.0843. The van der Waals surface area contributed by atoms with Crippen molar-refractivity contribution in [3.63, 3.8) is 0 Å². The Morgan fingerprint density at radius 3 is 2.22 bits per heavy atom. The topological polar surface area (TPSA) is 50.2 Å². The minimum Gasteiger partial charge on any atom is -0.512 e. The van der Waals surface area contributed by atoms with Crippen LogP contribution in [0.25, 0.3) is 54.7 Å². The van der Waals surface area contributed by atoms with E-state index in [2.05, 4.69) is 105 Å². The average Bonchev–Trinajstić information content (AvgIpc) is 3.19. The number of carbonyl (C=O) groups excluding carboxylic acids is 1. The zero-order valence-corrected chi connectivity index (χ0v) is 25.8. The van der Waals surface area contributed by atoms with Gasteiger partial charge in [0.1, 0.15) is 0 Å². The number of carbonyl (C=O) groups is 1. The number of benzene rings is 5. The molecule has 0 saturated carbocycles. The molecule has 1 aromatic heterocycles. The number of rotatable bonds is 2. The van der Waals surface area contributed by atoms with Crippen molar-refractivity contribution in [1.82, 2.24) is 4.98 Å². The molecule has 1 N–H and O–H groups in total. The van der Waals surface area contributed by atoms with Crippen LogP contribution in [0.5, 0.6) is 0 Å². The van der Waals surface area contributed by atoms with Crippen LogP contribution in [0.15, 0.2) is 109 Å². The van der Waals surface area contributed by atoms with E-state index in [0.717, 1.165) is 11.3 Å². The molecule has 0 spiro atoms. The summed E-state index contributed by atoms with van der Waals surface area (Å²) in [5.41, 5.74) is 7.59. The van der Waals surface area contributed by atoms with Crippen molar-refractivity contribution in [2.45, 2.75) is 33.1 Å². The zero-order chi connectivity index (χ0) is 28.0. The standard InChI is InChI=1S/C32H22N.C5H8O2.Ir/c1-32(2)29-13-6-5-11-24(29)26-15-14-22-23-18-19-33-31(28(23)17-16-25(22)30(26)32)27-12-7-9-20-8-3-4-10-21(20)27;1-4(6)3-5(2)7;/h3-11,13-19H,1-2H3;3,6H,1-2H3;/q-1;;/b;4-3-;. The van der Waals surface area contributed by atoms with E-state index in [-0.39, 0.29) is 37.1 Å². The molecule has 3 nitrogen and oxygen atoms in total. The molecule has 0 amide bonds. The van der Waals surface area contributed by atoms with E-state index >= 15 is 0 Å². The van der Waals surface area contributed by atoms with Gasteiger partial charge in [0, 0.05) is 37.8 Å². The van der Waals surface area contributed by atoms with E-state index in [1.54, 1.807) is 0 Å². The van der Waals surface area contributed by atoms with Gasteiger partial charge in [-0.3, -0.25) is 4.79 Å². The Hall–Kier alpha value is -4.11. The summed E-state index contributed by atoms with van der Waals surface area (Å²) in [6.07, 6.45) is 3.11. The molecule has 1 aliphatic rings. The number of aliphatic hydroxyl groups is 1. The van der Waals surface area contributed by atoms with Gasteiger partial charge in [-0.2, -0.15) is 0 Å². The molecule has 0 atom stereocenters. The first-order valence-electron chi connectivity index (χ1n) is 13.5. The maximum Gasteiger partial charge on any atom is 0.155 e. The Labute approximate surface area is 253 Å². The van der Waals surface area contributed by atoms with Crippen LogP contribution in [0.2, 0.25) is 0 Å². The molecule has 1 radical (unpaired) electrons. The summed E-state index contributed by atoms with van der Waals surface area (Å²) in [6.45, 7) is 7.55. The SMILES string of the molecule is CC(=O)/C=C(/C)O.CC1(C)c2ccccc2-c2ccc3c(ccc4c(-c5[c-]ccc6ccccc56)nccc43)c21.[Ir]. The molecule has 0 bridgehead atoms. The fourth-order valence-corrected chi connectivity index (χ4v) is 6.22. The Morgan fingerprint density at radius 2 is 1.46 bits per heavy atom. The Balaban J connectivity index is 0.000000379. The van der Waals surface area contributed by atoms with E-state index in [4.69, 9.17) is 10.1 Å². The fraction of sp³-hybridized carbons (Fsp3) is 0.135. The Bertz CT molecular complexity index is 1980. The normalized spacial score (nSPS) is 13.2. The number of nitrogens with zero attached hydrogens (tertiary/aromatic N) is 1. The molecule has 0 unspecified atom stereocenters. The molecular formula is C37H30IrNO2-. The number of hydrogen-bond donors (Lipinski definition) is 1. The van der Waals surface area contributed by atoms with Gasteiger partial charge < -0.3 is 10.1 Å². The first-order valence-corrected chi connectivity index (χ1v) is 13.5. The molecule has 41 heavy (non-hydrogen) atoms. The van der Waals surface area contributed by atoms with Crippen LogP contribution >= 0.6 is 0 Å². The molecule has 1 aliphatic carbocycles. The van der Waals surface area contributed by atoms with E-state index in [0.29, 0.717) is 0 Å². The Morgan fingerprint density at radius 1 is 0.780 bits per heavy atom. The van der Waals surface area contributed by atoms with Crippen molar-refractivity contribution in [2.75, 3.05) is 0 Å². The van der Waals surface area contributed by atoms with Crippen molar-refractivity contribution < 1.29 is 30.0 Å². The molecule has 5 aromatic carbocycles. The maximum atomic E-state index is 10.0. The second-order valence-corrected chi connectivity index (χ2v) is 10.9. The zero-order valence-electron chi connectivity index (χ0n) is 23.5. The summed E-state index contributed by atoms with van der Waals surface area (Å²) in [7, 11) is 0. The van der Waals surface area contributed by atoms with Crippen molar-refractivity contribution in [2.24, 2.45) is 0 Å². The van der Waals surface area contributed by atoms with E-state index in [9.17, 15) is 4.79 Å². The van der Waals surface area contributed by atoms with Gasteiger partial charge in [0.05, 0.1) is 5.76 Å². The number of aromatic nitrogens is 1. The molecule has 205 valence electrons. The molecule has 4 heteroatoms. The largest absolute Gasteiger partial charge is 0.512 e. The number of hydrogen-bond acceptors (Lipinski definition) is 3. The maximum absolute atomic E-state index is 10.0. The second-order valence-electron chi connectivity index (χ2n) is 10.9. The molecule has 1 heterocycles. The van der Waals surface area contributed by atoms with Gasteiger partial charge in [-0.05, 0) is 69.4 Å². The first kappa shape index (κ1) is 28.4. The van der Waals surface area contributed by atoms with Gasteiger partial charge in [-0.25, -0.2) is 0 Å². The summed E-state index contributed by atoms with van der Waals surface area (Å²) in [5, 5.41) is 15.8. The van der Waals surface area contributed by atoms with Crippen LogP contribution in [-0.4, -0.2) is 15.9 Å². The van der Waals surface area contributed by atoms with Crippen LogP contribution in [0.3, 0.4) is 0 Å². The van der Waals surface area contributed by atoms with Gasteiger partial charge in [0.2, 0.25) is 0 Å². The van der Waals surface area contributed by atoms with Crippen molar-refractivity contribution in [1.29, 1.82) is 0 Å². The predicted octanol–water partition coefficient (Wildman–Crippen LogP) is 9.35. The third kappa shape index (κ3) is 4.88. The van der Waals surface area contributed by atoms with Gasteiger partial charge in [0.15, 0.2) is 5.78 Å². The predicted molar refractivity (Wildman–Crippen MR) is 166 cm³/mol. The summed E-state index contributed by atoms with van der Waals surface area (Å²) >= 11 is 0. The molecule has 0 saturated heterocycles. The third-order valence-corrected chi connectivity index (χ3v) is 7.83. The van der Waals surface area contributed by atoms with E-state index < -0.39 is 0 Å². The number of allylic oxidation sites excluding steroid dienone is 2. The van der Waals surface area contributed by atoms with Crippen LogP contribution in [0, 0.1) is 6.07 Å². The monoisotopic (exact) mass is 713 g/mol. The van der Waals surface area contributed by atoms with Crippen molar-refractivity contribution in [3.05, 3.63) is 126 Å². The summed E-state index contributed by atoms with van der Waals surface area (Å²) in [5.74, 6) is -0.0625. The van der Waals surface area contributed by atoms with E-state index in [1.165, 1.54) is 74.5 Å². The van der Waals surface area contributed by atoms with Gasteiger partial charge in [0.25, 0.3) is 0 Å². The molecular weight excluding hydrogens is 683 g/mol. The summed E-state index contributed by atoms with van der Waals surface area (Å²) in [6, 6.07) is 36.2. The van der Waals surface area contributed by atoms with Crippen LogP contribution in [-0.2, 0) is 30.3 Å². The van der Waals surface area contributed by atoms with Gasteiger partial charge in [-0.15, -0.1) is 29.1 Å². The van der Waals surface area contributed by atoms with Gasteiger partial charge >= 0.3 is 0 Å². The second kappa shape index (κ2) is 11.0. The number of pyridine rings is 1. The minimum atomic E-state index is -0.125. The number of aliphatic hydroxyl groups excluding tert-OH is 1. The molecule has 7 rings (SSSR count). The summed E-state index contributed by atoms with van der Waals surface area (Å²) < 4.78 is 0. The Kier molecular flexibility index (Phi) is 7.66. The van der Waals surface area contributed by atoms with Gasteiger partial charge in [-0.1, -0.05) is 92.0 Å². The van der Waals surface area contributed by atoms with Crippen LogP contribution in [0.4, 0.5) is 0 Å². The van der Waals surface area contributed by atoms with Crippen LogP contribution < -0.4 is 0 Å². The third-order valence-electron chi connectivity index (χ3n) is 7.83. The van der Waals surface area contributed by atoms with E-state index in [1.807, 2.05) is 12.3 Å². The minimum absolute atomic E-state index is 0. The molecule has 0 aliphatic heterocycles. The molecule has 0 fully saturated rings. The fourth-order valence-electron chi connectivity index (χ4n) is 6.22. The smallest absolute Gasteiger partial charge is 0.155 e.